The summed E-state index contributed by atoms with van der Waals surface area (Å²) in [4.78, 5) is 13.6. The molecule has 3 atom stereocenters. The van der Waals surface area contributed by atoms with Crippen LogP contribution in [0.2, 0.25) is 0 Å². The highest BCUT2D eigenvalue weighted by molar-refractivity contribution is 5.79. The van der Waals surface area contributed by atoms with Crippen molar-refractivity contribution in [1.82, 2.24) is 4.90 Å². The number of amides is 1. The van der Waals surface area contributed by atoms with Gasteiger partial charge >= 0.3 is 0 Å². The molecule has 15 heavy (non-hydrogen) atoms. The molecule has 0 bridgehead atoms. The van der Waals surface area contributed by atoms with E-state index in [0.29, 0.717) is 18.9 Å². The topological polar surface area (TPSA) is 49.8 Å². The third-order valence-corrected chi connectivity index (χ3v) is 3.64. The van der Waals surface area contributed by atoms with Crippen molar-refractivity contribution < 1.29 is 14.6 Å². The van der Waals surface area contributed by atoms with Crippen molar-refractivity contribution in [3.05, 3.63) is 0 Å². The van der Waals surface area contributed by atoms with Crippen molar-refractivity contribution >= 4 is 5.91 Å². The lowest BCUT2D eigenvalue weighted by Crippen LogP contribution is -2.40. The summed E-state index contributed by atoms with van der Waals surface area (Å²) in [7, 11) is 0. The fourth-order valence-electron chi connectivity index (χ4n) is 2.51. The molecule has 0 aromatic carbocycles. The van der Waals surface area contributed by atoms with Crippen LogP contribution in [0.1, 0.15) is 19.8 Å². The standard InChI is InChI=1S/C11H19NO3/c1-8(10-2-3-15-7-10)12-5-9(6-13)4-11(12)14/h8-10,13H,2-7H2,1H3. The van der Waals surface area contributed by atoms with Gasteiger partial charge in [-0.1, -0.05) is 0 Å². The normalized spacial score (nSPS) is 33.7. The van der Waals surface area contributed by atoms with Gasteiger partial charge in [-0.25, -0.2) is 0 Å². The highest BCUT2D eigenvalue weighted by Crippen LogP contribution is 2.26. The van der Waals surface area contributed by atoms with Gasteiger partial charge in [0.1, 0.15) is 0 Å². The Kier molecular flexibility index (Phi) is 3.26. The number of rotatable bonds is 3. The van der Waals surface area contributed by atoms with Crippen LogP contribution in [0.3, 0.4) is 0 Å². The lowest BCUT2D eigenvalue weighted by Gasteiger charge is -2.28. The SMILES string of the molecule is CC(C1CCOC1)N1CC(CO)CC1=O. The van der Waals surface area contributed by atoms with E-state index in [-0.39, 0.29) is 24.5 Å². The van der Waals surface area contributed by atoms with E-state index in [1.165, 1.54) is 0 Å². The van der Waals surface area contributed by atoms with Gasteiger partial charge in [0.2, 0.25) is 5.91 Å². The number of carbonyl (C=O) groups is 1. The fourth-order valence-corrected chi connectivity index (χ4v) is 2.51. The smallest absolute Gasteiger partial charge is 0.223 e. The van der Waals surface area contributed by atoms with E-state index < -0.39 is 0 Å². The molecule has 1 N–H and O–H groups in total. The van der Waals surface area contributed by atoms with Crippen LogP contribution in [0.4, 0.5) is 0 Å². The zero-order valence-corrected chi connectivity index (χ0v) is 9.19. The van der Waals surface area contributed by atoms with Crippen LogP contribution in [0.5, 0.6) is 0 Å². The van der Waals surface area contributed by atoms with Crippen molar-refractivity contribution in [2.24, 2.45) is 11.8 Å². The monoisotopic (exact) mass is 213 g/mol. The first-order chi connectivity index (χ1) is 7.22. The van der Waals surface area contributed by atoms with Crippen LogP contribution in [0, 0.1) is 11.8 Å². The minimum Gasteiger partial charge on any atom is -0.396 e. The Bertz CT molecular complexity index is 238. The number of ether oxygens (including phenoxy) is 1. The second kappa shape index (κ2) is 4.49. The molecule has 3 unspecified atom stereocenters. The van der Waals surface area contributed by atoms with Crippen LogP contribution >= 0.6 is 0 Å². The Labute approximate surface area is 90.2 Å². The minimum absolute atomic E-state index is 0.121. The zero-order chi connectivity index (χ0) is 10.8. The van der Waals surface area contributed by atoms with E-state index in [9.17, 15) is 4.79 Å². The van der Waals surface area contributed by atoms with Gasteiger partial charge in [-0.2, -0.15) is 0 Å². The van der Waals surface area contributed by atoms with Gasteiger partial charge in [-0.05, 0) is 13.3 Å². The van der Waals surface area contributed by atoms with Crippen molar-refractivity contribution in [3.8, 4) is 0 Å². The van der Waals surface area contributed by atoms with Gasteiger partial charge in [0, 0.05) is 44.1 Å². The van der Waals surface area contributed by atoms with Crippen molar-refractivity contribution in [1.29, 1.82) is 0 Å². The van der Waals surface area contributed by atoms with Crippen LogP contribution in [0.15, 0.2) is 0 Å². The molecule has 2 aliphatic rings. The van der Waals surface area contributed by atoms with Crippen LogP contribution in [-0.4, -0.2) is 48.3 Å². The predicted octanol–water partition coefficient (Wildman–Crippen LogP) is 0.252. The summed E-state index contributed by atoms with van der Waals surface area (Å²) in [5, 5.41) is 9.05. The van der Waals surface area contributed by atoms with Gasteiger partial charge < -0.3 is 14.7 Å². The van der Waals surface area contributed by atoms with Gasteiger partial charge in [0.15, 0.2) is 0 Å². The number of aliphatic hydroxyl groups is 1. The first-order valence-corrected chi connectivity index (χ1v) is 5.70. The van der Waals surface area contributed by atoms with E-state index in [0.717, 1.165) is 19.6 Å². The molecule has 2 heterocycles. The first-order valence-electron chi connectivity index (χ1n) is 5.70. The second-order valence-electron chi connectivity index (χ2n) is 4.66. The Hall–Kier alpha value is -0.610. The number of hydrogen-bond donors (Lipinski definition) is 1. The predicted molar refractivity (Wildman–Crippen MR) is 55.3 cm³/mol. The molecule has 86 valence electrons. The summed E-state index contributed by atoms with van der Waals surface area (Å²) in [6.45, 7) is 4.52. The molecule has 0 spiro atoms. The Morgan fingerprint density at radius 2 is 2.47 bits per heavy atom. The first kappa shape index (κ1) is 10.9. The largest absolute Gasteiger partial charge is 0.396 e. The van der Waals surface area contributed by atoms with E-state index in [1.807, 2.05) is 4.90 Å². The molecule has 2 fully saturated rings. The number of hydrogen-bond acceptors (Lipinski definition) is 3. The molecule has 1 amide bonds. The highest BCUT2D eigenvalue weighted by Gasteiger charge is 2.36. The lowest BCUT2D eigenvalue weighted by atomic mass is 9.99. The third kappa shape index (κ3) is 2.16. The number of nitrogens with zero attached hydrogens (tertiary/aromatic N) is 1. The molecule has 2 aliphatic heterocycles. The molecule has 4 nitrogen and oxygen atoms in total. The number of carbonyl (C=O) groups excluding carboxylic acids is 1. The summed E-state index contributed by atoms with van der Waals surface area (Å²) in [6.07, 6.45) is 1.56. The average Bonchev–Trinajstić information content (AvgIpc) is 2.85. The highest BCUT2D eigenvalue weighted by atomic mass is 16.5. The van der Waals surface area contributed by atoms with Crippen LogP contribution in [0.25, 0.3) is 0 Å². The summed E-state index contributed by atoms with van der Waals surface area (Å²) in [6, 6.07) is 0.261. The molecule has 2 saturated heterocycles. The quantitative estimate of drug-likeness (QED) is 0.731. The molecule has 0 saturated carbocycles. The maximum Gasteiger partial charge on any atom is 0.223 e. The van der Waals surface area contributed by atoms with Gasteiger partial charge in [-0.3, -0.25) is 4.79 Å². The Morgan fingerprint density at radius 3 is 3.00 bits per heavy atom. The average molecular weight is 213 g/mol. The zero-order valence-electron chi connectivity index (χ0n) is 9.19. The van der Waals surface area contributed by atoms with Gasteiger partial charge in [0.25, 0.3) is 0 Å². The molecule has 0 radical (unpaired) electrons. The van der Waals surface area contributed by atoms with Crippen molar-refractivity contribution in [2.45, 2.75) is 25.8 Å². The van der Waals surface area contributed by atoms with E-state index in [1.54, 1.807) is 0 Å². The van der Waals surface area contributed by atoms with Crippen molar-refractivity contribution in [3.63, 3.8) is 0 Å². The van der Waals surface area contributed by atoms with E-state index >= 15 is 0 Å². The Balaban J connectivity index is 1.94. The second-order valence-corrected chi connectivity index (χ2v) is 4.66. The van der Waals surface area contributed by atoms with Crippen molar-refractivity contribution in [2.75, 3.05) is 26.4 Å². The summed E-state index contributed by atoms with van der Waals surface area (Å²) >= 11 is 0. The van der Waals surface area contributed by atoms with E-state index in [2.05, 4.69) is 6.92 Å². The minimum atomic E-state index is 0.121. The van der Waals surface area contributed by atoms with E-state index in [4.69, 9.17) is 9.84 Å². The number of aliphatic hydroxyl groups excluding tert-OH is 1. The Morgan fingerprint density at radius 1 is 1.67 bits per heavy atom. The fraction of sp³-hybridized carbons (Fsp3) is 0.909. The van der Waals surface area contributed by atoms with Gasteiger partial charge in [-0.15, -0.1) is 0 Å². The molecule has 2 rings (SSSR count). The molecule has 0 aliphatic carbocycles. The molecule has 4 heteroatoms. The molecule has 0 aromatic rings. The lowest BCUT2D eigenvalue weighted by molar-refractivity contribution is -0.130. The van der Waals surface area contributed by atoms with Crippen LogP contribution in [-0.2, 0) is 9.53 Å². The summed E-state index contributed by atoms with van der Waals surface area (Å²) in [5.41, 5.74) is 0. The van der Waals surface area contributed by atoms with Gasteiger partial charge in [0.05, 0.1) is 6.61 Å². The summed E-state index contributed by atoms with van der Waals surface area (Å²) < 4.78 is 5.34. The van der Waals surface area contributed by atoms with Crippen LogP contribution < -0.4 is 0 Å². The molecule has 0 aromatic heterocycles. The molecular weight excluding hydrogens is 194 g/mol. The maximum absolute atomic E-state index is 11.7. The molecular formula is C11H19NO3. The third-order valence-electron chi connectivity index (χ3n) is 3.64. The number of likely N-dealkylation sites (tertiary alicyclic amines) is 1. The maximum atomic E-state index is 11.7. The summed E-state index contributed by atoms with van der Waals surface area (Å²) in [5.74, 6) is 0.808.